The molecule has 4 aromatic rings. The van der Waals surface area contributed by atoms with Gasteiger partial charge in [0.05, 0.1) is 17.8 Å². The second-order valence-corrected chi connectivity index (χ2v) is 8.46. The van der Waals surface area contributed by atoms with Gasteiger partial charge >= 0.3 is 0 Å². The highest BCUT2D eigenvalue weighted by Crippen LogP contribution is 2.34. The molecule has 166 valence electrons. The third kappa shape index (κ3) is 5.77. The van der Waals surface area contributed by atoms with Crippen LogP contribution in [0.4, 0.5) is 0 Å². The number of hydrogen-bond donors (Lipinski definition) is 2. The van der Waals surface area contributed by atoms with E-state index in [0.717, 1.165) is 21.2 Å². The normalized spacial score (nSPS) is 10.9. The number of hydrogen-bond acceptors (Lipinski definition) is 5. The van der Waals surface area contributed by atoms with E-state index in [-0.39, 0.29) is 6.54 Å². The summed E-state index contributed by atoms with van der Waals surface area (Å²) < 4.78 is 6.78. The smallest absolute Gasteiger partial charge is 0.263 e. The maximum absolute atomic E-state index is 12.4. The molecule has 0 saturated carbocycles. The highest BCUT2D eigenvalue weighted by molar-refractivity contribution is 7.21. The van der Waals surface area contributed by atoms with Crippen LogP contribution in [0.3, 0.4) is 0 Å². The summed E-state index contributed by atoms with van der Waals surface area (Å²) in [5.74, 6) is -0.216. The maximum Gasteiger partial charge on any atom is 0.263 e. The maximum atomic E-state index is 12.4. The third-order valence-electron chi connectivity index (χ3n) is 4.70. The van der Waals surface area contributed by atoms with Gasteiger partial charge in [-0.25, -0.2) is 5.43 Å². The minimum absolute atomic E-state index is 0.229. The van der Waals surface area contributed by atoms with Crippen LogP contribution in [-0.4, -0.2) is 24.6 Å². The Balaban J connectivity index is 1.30. The number of nitrogens with zero attached hydrogens (tertiary/aromatic N) is 1. The number of carbonyl (C=O) groups excluding carboxylic acids is 2. The molecule has 8 heteroatoms. The van der Waals surface area contributed by atoms with Gasteiger partial charge in [-0.15, -0.1) is 11.3 Å². The standard InChI is InChI=1S/C25H20ClN3O3S/c26-23-19-11-5-7-13-21(19)33-24(23)25(31)27-15-22(30)29-28-14-18-10-4-6-12-20(18)32-16-17-8-2-1-3-9-17/h1-14H,15-16H2,(H,27,31)(H,29,30)/b28-14+. The van der Waals surface area contributed by atoms with Gasteiger partial charge in [0.1, 0.15) is 17.2 Å². The molecule has 0 spiro atoms. The van der Waals surface area contributed by atoms with Crippen molar-refractivity contribution in [3.8, 4) is 5.75 Å². The summed E-state index contributed by atoms with van der Waals surface area (Å²) in [6.07, 6.45) is 1.50. The Morgan fingerprint density at radius 3 is 2.52 bits per heavy atom. The minimum Gasteiger partial charge on any atom is -0.488 e. The summed E-state index contributed by atoms with van der Waals surface area (Å²) in [4.78, 5) is 24.9. The van der Waals surface area contributed by atoms with Crippen LogP contribution in [0.2, 0.25) is 5.02 Å². The van der Waals surface area contributed by atoms with E-state index in [4.69, 9.17) is 16.3 Å². The largest absolute Gasteiger partial charge is 0.488 e. The molecule has 1 aromatic heterocycles. The van der Waals surface area contributed by atoms with Gasteiger partial charge in [-0.1, -0.05) is 72.3 Å². The lowest BCUT2D eigenvalue weighted by Gasteiger charge is -2.09. The Hall–Kier alpha value is -3.68. The van der Waals surface area contributed by atoms with Gasteiger partial charge in [-0.3, -0.25) is 9.59 Å². The first-order valence-corrected chi connectivity index (χ1v) is 11.3. The van der Waals surface area contributed by atoms with E-state index in [9.17, 15) is 9.59 Å². The lowest BCUT2D eigenvalue weighted by Crippen LogP contribution is -2.34. The van der Waals surface area contributed by atoms with Crippen LogP contribution in [0, 0.1) is 0 Å². The number of para-hydroxylation sites is 1. The van der Waals surface area contributed by atoms with Crippen LogP contribution in [0.1, 0.15) is 20.8 Å². The van der Waals surface area contributed by atoms with E-state index in [1.54, 1.807) is 0 Å². The van der Waals surface area contributed by atoms with Crippen LogP contribution >= 0.6 is 22.9 Å². The average Bonchev–Trinajstić information content (AvgIpc) is 3.19. The monoisotopic (exact) mass is 477 g/mol. The van der Waals surface area contributed by atoms with Crippen LogP contribution in [0.25, 0.3) is 10.1 Å². The quantitative estimate of drug-likeness (QED) is 0.276. The average molecular weight is 478 g/mol. The first-order chi connectivity index (χ1) is 16.1. The summed E-state index contributed by atoms with van der Waals surface area (Å²) in [5, 5.41) is 7.76. The number of fused-ring (bicyclic) bond motifs is 1. The Labute approximate surface area is 199 Å². The Kier molecular flexibility index (Phi) is 7.34. The first-order valence-electron chi connectivity index (χ1n) is 10.1. The second kappa shape index (κ2) is 10.8. The first kappa shape index (κ1) is 22.5. The molecule has 4 rings (SSSR count). The number of carbonyl (C=O) groups is 2. The molecular weight excluding hydrogens is 458 g/mol. The fourth-order valence-corrected chi connectivity index (χ4v) is 4.50. The highest BCUT2D eigenvalue weighted by Gasteiger charge is 2.17. The topological polar surface area (TPSA) is 79.8 Å². The van der Waals surface area contributed by atoms with E-state index in [0.29, 0.717) is 22.3 Å². The lowest BCUT2D eigenvalue weighted by molar-refractivity contribution is -0.120. The molecule has 0 atom stereocenters. The summed E-state index contributed by atoms with van der Waals surface area (Å²) in [6.45, 7) is 0.192. The van der Waals surface area contributed by atoms with E-state index < -0.39 is 11.8 Å². The van der Waals surface area contributed by atoms with Crippen molar-refractivity contribution in [3.63, 3.8) is 0 Å². The molecule has 0 bridgehead atoms. The molecule has 2 amide bonds. The number of hydrazone groups is 1. The molecule has 3 aromatic carbocycles. The van der Waals surface area contributed by atoms with Crippen LogP contribution in [-0.2, 0) is 11.4 Å². The number of ether oxygens (including phenoxy) is 1. The van der Waals surface area contributed by atoms with Gasteiger partial charge in [-0.2, -0.15) is 5.10 Å². The number of thiophene rings is 1. The zero-order valence-corrected chi connectivity index (χ0v) is 19.0. The number of amides is 2. The fraction of sp³-hybridized carbons (Fsp3) is 0.0800. The van der Waals surface area contributed by atoms with Crippen molar-refractivity contribution >= 4 is 51.1 Å². The van der Waals surface area contributed by atoms with Crippen molar-refractivity contribution in [1.82, 2.24) is 10.7 Å². The molecule has 33 heavy (non-hydrogen) atoms. The van der Waals surface area contributed by atoms with Gasteiger partial charge in [0, 0.05) is 15.6 Å². The molecule has 0 aliphatic carbocycles. The molecule has 6 nitrogen and oxygen atoms in total. The molecule has 0 saturated heterocycles. The highest BCUT2D eigenvalue weighted by atomic mass is 35.5. The molecule has 2 N–H and O–H groups in total. The van der Waals surface area contributed by atoms with Gasteiger partial charge in [0.25, 0.3) is 11.8 Å². The molecular formula is C25H20ClN3O3S. The molecule has 0 radical (unpaired) electrons. The summed E-state index contributed by atoms with van der Waals surface area (Å²) in [5.41, 5.74) is 4.18. The van der Waals surface area contributed by atoms with E-state index in [1.165, 1.54) is 17.6 Å². The van der Waals surface area contributed by atoms with Gasteiger partial charge < -0.3 is 10.1 Å². The van der Waals surface area contributed by atoms with Gasteiger partial charge in [-0.05, 0) is 23.8 Å². The van der Waals surface area contributed by atoms with E-state index in [1.807, 2.05) is 78.9 Å². The van der Waals surface area contributed by atoms with Gasteiger partial charge in [0.15, 0.2) is 0 Å². The fourth-order valence-electron chi connectivity index (χ4n) is 3.07. The second-order valence-electron chi connectivity index (χ2n) is 7.03. The molecule has 0 unspecified atom stereocenters. The number of halogens is 1. The summed E-state index contributed by atoms with van der Waals surface area (Å²) >= 11 is 7.60. The predicted molar refractivity (Wildman–Crippen MR) is 132 cm³/mol. The van der Waals surface area contributed by atoms with Crippen molar-refractivity contribution in [2.24, 2.45) is 5.10 Å². The summed E-state index contributed by atoms with van der Waals surface area (Å²) in [7, 11) is 0. The summed E-state index contributed by atoms with van der Waals surface area (Å²) in [6, 6.07) is 24.7. The van der Waals surface area contributed by atoms with Crippen molar-refractivity contribution in [1.29, 1.82) is 0 Å². The predicted octanol–water partition coefficient (Wildman–Crippen LogP) is 5.01. The molecule has 0 fully saturated rings. The van der Waals surface area contributed by atoms with Crippen molar-refractivity contribution in [2.75, 3.05) is 6.54 Å². The molecule has 1 heterocycles. The van der Waals surface area contributed by atoms with E-state index in [2.05, 4.69) is 15.8 Å². The number of benzene rings is 3. The molecule has 0 aliphatic heterocycles. The van der Waals surface area contributed by atoms with E-state index >= 15 is 0 Å². The Morgan fingerprint density at radius 2 is 1.70 bits per heavy atom. The van der Waals surface area contributed by atoms with Crippen molar-refractivity contribution in [2.45, 2.75) is 6.61 Å². The molecule has 0 aliphatic rings. The van der Waals surface area contributed by atoms with Gasteiger partial charge in [0.2, 0.25) is 0 Å². The number of rotatable bonds is 8. The van der Waals surface area contributed by atoms with Crippen LogP contribution in [0.15, 0.2) is 84.0 Å². The van der Waals surface area contributed by atoms with Crippen LogP contribution < -0.4 is 15.5 Å². The Bertz CT molecular complexity index is 1300. The zero-order chi connectivity index (χ0) is 23.0. The van der Waals surface area contributed by atoms with Crippen molar-refractivity contribution in [3.05, 3.63) is 99.9 Å². The SMILES string of the molecule is O=C(CNC(=O)c1sc2ccccc2c1Cl)N/N=C/c1ccccc1OCc1ccccc1. The zero-order valence-electron chi connectivity index (χ0n) is 17.5. The Morgan fingerprint density at radius 1 is 0.970 bits per heavy atom. The third-order valence-corrected chi connectivity index (χ3v) is 6.37. The van der Waals surface area contributed by atoms with Crippen molar-refractivity contribution < 1.29 is 14.3 Å². The number of nitrogens with one attached hydrogen (secondary N) is 2. The van der Waals surface area contributed by atoms with Crippen LogP contribution in [0.5, 0.6) is 5.75 Å². The minimum atomic E-state index is -0.459. The lowest BCUT2D eigenvalue weighted by atomic mass is 10.2.